The Morgan fingerprint density at radius 3 is 2.59 bits per heavy atom. The zero-order chi connectivity index (χ0) is 19.9. The lowest BCUT2D eigenvalue weighted by Gasteiger charge is -2.08. The Labute approximate surface area is 170 Å². The van der Waals surface area contributed by atoms with Gasteiger partial charge in [-0.2, -0.15) is 4.72 Å². The van der Waals surface area contributed by atoms with Crippen LogP contribution in [0.3, 0.4) is 0 Å². The van der Waals surface area contributed by atoms with E-state index in [1.807, 2.05) is 17.5 Å². The van der Waals surface area contributed by atoms with E-state index in [1.165, 1.54) is 18.2 Å². The summed E-state index contributed by atoms with van der Waals surface area (Å²) >= 11 is 13.1. The van der Waals surface area contributed by atoms with E-state index in [9.17, 15) is 18.0 Å². The molecule has 0 atom stereocenters. The molecule has 11 heteroatoms. The Kier molecular flexibility index (Phi) is 8.06. The highest BCUT2D eigenvalue weighted by molar-refractivity contribution is 7.89. The molecule has 0 aliphatic heterocycles. The number of halogens is 2. The standard InChI is InChI=1S/C16H16Cl2N2O5S2/c17-13-4-3-12(8-14(13)18)27(23,24)20-9-16(22)25-10-15(21)19-6-5-11-2-1-7-26-11/h1-4,7-8,20H,5-6,9-10H2,(H,19,21). The predicted octanol–water partition coefficient (Wildman–Crippen LogP) is 2.24. The molecular weight excluding hydrogens is 435 g/mol. The topological polar surface area (TPSA) is 102 Å². The maximum absolute atomic E-state index is 12.1. The molecule has 2 rings (SSSR count). The van der Waals surface area contributed by atoms with Crippen molar-refractivity contribution in [2.24, 2.45) is 0 Å². The summed E-state index contributed by atoms with van der Waals surface area (Å²) in [7, 11) is -3.97. The summed E-state index contributed by atoms with van der Waals surface area (Å²) in [5.41, 5.74) is 0. The van der Waals surface area contributed by atoms with Crippen molar-refractivity contribution in [1.29, 1.82) is 0 Å². The van der Waals surface area contributed by atoms with Gasteiger partial charge in [-0.3, -0.25) is 9.59 Å². The van der Waals surface area contributed by atoms with Gasteiger partial charge in [0.1, 0.15) is 6.54 Å². The van der Waals surface area contributed by atoms with Crippen LogP contribution in [0.2, 0.25) is 10.0 Å². The third-order valence-electron chi connectivity index (χ3n) is 3.25. The lowest BCUT2D eigenvalue weighted by Crippen LogP contribution is -2.34. The predicted molar refractivity (Wildman–Crippen MR) is 104 cm³/mol. The lowest BCUT2D eigenvalue weighted by atomic mass is 10.3. The van der Waals surface area contributed by atoms with Crippen molar-refractivity contribution in [2.45, 2.75) is 11.3 Å². The van der Waals surface area contributed by atoms with E-state index in [1.54, 1.807) is 11.3 Å². The Morgan fingerprint density at radius 1 is 1.15 bits per heavy atom. The van der Waals surface area contributed by atoms with Gasteiger partial charge in [-0.15, -0.1) is 11.3 Å². The van der Waals surface area contributed by atoms with Crippen molar-refractivity contribution in [3.63, 3.8) is 0 Å². The summed E-state index contributed by atoms with van der Waals surface area (Å²) in [6.07, 6.45) is 0.681. The van der Waals surface area contributed by atoms with Crippen LogP contribution in [-0.2, 0) is 30.8 Å². The zero-order valence-electron chi connectivity index (χ0n) is 13.9. The van der Waals surface area contributed by atoms with Crippen LogP contribution in [-0.4, -0.2) is 40.0 Å². The van der Waals surface area contributed by atoms with Gasteiger partial charge >= 0.3 is 5.97 Å². The van der Waals surface area contributed by atoms with Gasteiger partial charge in [0.15, 0.2) is 6.61 Å². The third kappa shape index (κ3) is 7.11. The number of sulfonamides is 1. The summed E-state index contributed by atoms with van der Waals surface area (Å²) in [4.78, 5) is 24.2. The minimum atomic E-state index is -3.97. The van der Waals surface area contributed by atoms with Crippen molar-refractivity contribution in [2.75, 3.05) is 19.7 Å². The van der Waals surface area contributed by atoms with Crippen LogP contribution in [0.1, 0.15) is 4.88 Å². The fraction of sp³-hybridized carbons (Fsp3) is 0.250. The van der Waals surface area contributed by atoms with Crippen molar-refractivity contribution in [3.05, 3.63) is 50.6 Å². The van der Waals surface area contributed by atoms with Gasteiger partial charge in [-0.25, -0.2) is 8.42 Å². The van der Waals surface area contributed by atoms with Crippen molar-refractivity contribution in [3.8, 4) is 0 Å². The van der Waals surface area contributed by atoms with Crippen molar-refractivity contribution >= 4 is 56.4 Å². The minimum absolute atomic E-state index is 0.0707. The molecule has 146 valence electrons. The number of thiophene rings is 1. The molecule has 1 heterocycles. The van der Waals surface area contributed by atoms with Gasteiger partial charge in [0, 0.05) is 11.4 Å². The Bertz CT molecular complexity index is 902. The summed E-state index contributed by atoms with van der Waals surface area (Å²) < 4.78 is 31.0. The van der Waals surface area contributed by atoms with Crippen LogP contribution in [0.15, 0.2) is 40.6 Å². The molecule has 0 spiro atoms. The van der Waals surface area contributed by atoms with E-state index in [2.05, 4.69) is 10.0 Å². The summed E-state index contributed by atoms with van der Waals surface area (Å²) in [5.74, 6) is -1.35. The van der Waals surface area contributed by atoms with Gasteiger partial charge in [0.25, 0.3) is 5.91 Å². The molecule has 1 aromatic carbocycles. The maximum Gasteiger partial charge on any atom is 0.321 e. The van der Waals surface area contributed by atoms with E-state index >= 15 is 0 Å². The first kappa shape index (κ1) is 21.6. The second-order valence-electron chi connectivity index (χ2n) is 5.24. The second kappa shape index (κ2) is 10.0. The molecule has 2 aromatic rings. The average Bonchev–Trinajstić information content (AvgIpc) is 3.14. The van der Waals surface area contributed by atoms with Crippen LogP contribution in [0.25, 0.3) is 0 Å². The number of carbonyl (C=O) groups is 2. The molecule has 27 heavy (non-hydrogen) atoms. The Morgan fingerprint density at radius 2 is 1.93 bits per heavy atom. The number of carbonyl (C=O) groups excluding carboxylic acids is 2. The molecule has 1 amide bonds. The highest BCUT2D eigenvalue weighted by Crippen LogP contribution is 2.24. The smallest absolute Gasteiger partial charge is 0.321 e. The number of ether oxygens (including phenoxy) is 1. The van der Waals surface area contributed by atoms with Crippen LogP contribution in [0, 0.1) is 0 Å². The largest absolute Gasteiger partial charge is 0.455 e. The summed E-state index contributed by atoms with van der Waals surface area (Å²) in [6.45, 7) is -0.691. The van der Waals surface area contributed by atoms with Crippen molar-refractivity contribution in [1.82, 2.24) is 10.0 Å². The molecule has 1 aromatic heterocycles. The van der Waals surface area contributed by atoms with Crippen molar-refractivity contribution < 1.29 is 22.7 Å². The van der Waals surface area contributed by atoms with Crippen LogP contribution >= 0.6 is 34.5 Å². The van der Waals surface area contributed by atoms with Gasteiger partial charge in [-0.05, 0) is 36.1 Å². The van der Waals surface area contributed by atoms with Crippen LogP contribution in [0.5, 0.6) is 0 Å². The fourth-order valence-corrected chi connectivity index (χ4v) is 3.98. The molecule has 0 saturated heterocycles. The first-order valence-corrected chi connectivity index (χ1v) is 10.8. The first-order chi connectivity index (χ1) is 12.8. The highest BCUT2D eigenvalue weighted by Gasteiger charge is 2.17. The first-order valence-electron chi connectivity index (χ1n) is 7.67. The molecule has 0 fully saturated rings. The van der Waals surface area contributed by atoms with E-state index < -0.39 is 35.1 Å². The van der Waals surface area contributed by atoms with Gasteiger partial charge in [-0.1, -0.05) is 29.3 Å². The van der Waals surface area contributed by atoms with Gasteiger partial charge in [0.2, 0.25) is 10.0 Å². The molecule has 0 aliphatic rings. The molecular formula is C16H16Cl2N2O5S2. The summed E-state index contributed by atoms with van der Waals surface area (Å²) in [5, 5.41) is 4.83. The van der Waals surface area contributed by atoms with E-state index in [-0.39, 0.29) is 14.9 Å². The molecule has 0 aliphatic carbocycles. The quantitative estimate of drug-likeness (QED) is 0.570. The van der Waals surface area contributed by atoms with Gasteiger partial charge in [0.05, 0.1) is 14.9 Å². The number of hydrogen-bond donors (Lipinski definition) is 2. The minimum Gasteiger partial charge on any atom is -0.455 e. The van der Waals surface area contributed by atoms with E-state index in [0.717, 1.165) is 4.88 Å². The number of nitrogens with one attached hydrogen (secondary N) is 2. The number of amides is 1. The van der Waals surface area contributed by atoms with Crippen LogP contribution < -0.4 is 10.0 Å². The molecule has 0 saturated carbocycles. The average molecular weight is 451 g/mol. The lowest BCUT2D eigenvalue weighted by molar-refractivity contribution is -0.147. The SMILES string of the molecule is O=C(COC(=O)CNS(=O)(=O)c1ccc(Cl)c(Cl)c1)NCCc1cccs1. The molecule has 0 unspecified atom stereocenters. The molecule has 0 radical (unpaired) electrons. The molecule has 7 nitrogen and oxygen atoms in total. The van der Waals surface area contributed by atoms with Gasteiger partial charge < -0.3 is 10.1 Å². The molecule has 2 N–H and O–H groups in total. The van der Waals surface area contributed by atoms with E-state index in [4.69, 9.17) is 27.9 Å². The number of esters is 1. The summed E-state index contributed by atoms with van der Waals surface area (Å²) in [6, 6.07) is 7.62. The number of rotatable bonds is 9. The second-order valence-corrected chi connectivity index (χ2v) is 8.85. The third-order valence-corrected chi connectivity index (χ3v) is 6.32. The zero-order valence-corrected chi connectivity index (χ0v) is 17.1. The molecule has 0 bridgehead atoms. The highest BCUT2D eigenvalue weighted by atomic mass is 35.5. The maximum atomic E-state index is 12.1. The monoisotopic (exact) mass is 450 g/mol. The normalized spacial score (nSPS) is 11.2. The number of benzene rings is 1. The Hall–Kier alpha value is -1.65. The number of hydrogen-bond acceptors (Lipinski definition) is 6. The Balaban J connectivity index is 1.71. The fourth-order valence-electron chi connectivity index (χ4n) is 1.91. The van der Waals surface area contributed by atoms with E-state index in [0.29, 0.717) is 13.0 Å². The van der Waals surface area contributed by atoms with Crippen LogP contribution in [0.4, 0.5) is 0 Å².